The Hall–Kier alpha value is -2.26. The van der Waals surface area contributed by atoms with Crippen molar-refractivity contribution in [3.05, 3.63) is 72.2 Å². The molecule has 0 saturated carbocycles. The second-order valence-corrected chi connectivity index (χ2v) is 4.83. The SMILES string of the molecule is OC(CCc1cccnc1)c1cccc2ncccc12. The van der Waals surface area contributed by atoms with E-state index in [2.05, 4.69) is 9.97 Å². The molecule has 0 radical (unpaired) electrons. The van der Waals surface area contributed by atoms with Crippen molar-refractivity contribution in [1.82, 2.24) is 9.97 Å². The Balaban J connectivity index is 1.80. The largest absolute Gasteiger partial charge is 0.388 e. The summed E-state index contributed by atoms with van der Waals surface area (Å²) in [7, 11) is 0. The summed E-state index contributed by atoms with van der Waals surface area (Å²) in [6, 6.07) is 13.7. The second kappa shape index (κ2) is 5.80. The van der Waals surface area contributed by atoms with Crippen LogP contribution in [0.1, 0.15) is 23.7 Å². The van der Waals surface area contributed by atoms with Crippen LogP contribution in [0, 0.1) is 0 Å². The summed E-state index contributed by atoms with van der Waals surface area (Å²) < 4.78 is 0. The number of hydrogen-bond acceptors (Lipinski definition) is 3. The van der Waals surface area contributed by atoms with Gasteiger partial charge in [-0.1, -0.05) is 24.3 Å². The van der Waals surface area contributed by atoms with Crippen molar-refractivity contribution in [2.75, 3.05) is 0 Å². The molecule has 3 aromatic rings. The van der Waals surface area contributed by atoms with Crippen LogP contribution in [0.2, 0.25) is 0 Å². The first-order chi connectivity index (χ1) is 9.84. The fourth-order valence-corrected chi connectivity index (χ4v) is 2.42. The van der Waals surface area contributed by atoms with E-state index in [0.717, 1.165) is 28.5 Å². The number of fused-ring (bicyclic) bond motifs is 1. The molecule has 3 heteroatoms. The van der Waals surface area contributed by atoms with Crippen molar-refractivity contribution in [3.8, 4) is 0 Å². The minimum Gasteiger partial charge on any atom is -0.388 e. The number of aliphatic hydroxyl groups is 1. The lowest BCUT2D eigenvalue weighted by atomic mass is 9.98. The molecule has 100 valence electrons. The maximum absolute atomic E-state index is 10.4. The lowest BCUT2D eigenvalue weighted by Gasteiger charge is -2.13. The smallest absolute Gasteiger partial charge is 0.0799 e. The highest BCUT2D eigenvalue weighted by Crippen LogP contribution is 2.26. The predicted molar refractivity (Wildman–Crippen MR) is 79.3 cm³/mol. The van der Waals surface area contributed by atoms with Gasteiger partial charge in [0, 0.05) is 24.0 Å². The van der Waals surface area contributed by atoms with E-state index in [1.54, 1.807) is 12.4 Å². The van der Waals surface area contributed by atoms with Crippen LogP contribution in [-0.2, 0) is 6.42 Å². The molecule has 0 fully saturated rings. The summed E-state index contributed by atoms with van der Waals surface area (Å²) in [5, 5.41) is 11.5. The minimum atomic E-state index is -0.483. The maximum atomic E-state index is 10.4. The Bertz CT molecular complexity index is 692. The minimum absolute atomic E-state index is 0.483. The van der Waals surface area contributed by atoms with Gasteiger partial charge < -0.3 is 5.11 Å². The molecule has 0 saturated heterocycles. The summed E-state index contributed by atoms with van der Waals surface area (Å²) >= 11 is 0. The van der Waals surface area contributed by atoms with Gasteiger partial charge in [0.1, 0.15) is 0 Å². The Kier molecular flexibility index (Phi) is 3.70. The zero-order valence-corrected chi connectivity index (χ0v) is 11.1. The normalized spacial score (nSPS) is 12.4. The molecule has 0 amide bonds. The molecule has 0 aliphatic heterocycles. The molecule has 20 heavy (non-hydrogen) atoms. The van der Waals surface area contributed by atoms with Crippen molar-refractivity contribution < 1.29 is 5.11 Å². The molecule has 3 nitrogen and oxygen atoms in total. The van der Waals surface area contributed by atoms with Gasteiger partial charge in [0.15, 0.2) is 0 Å². The number of aliphatic hydroxyl groups excluding tert-OH is 1. The van der Waals surface area contributed by atoms with Crippen molar-refractivity contribution in [3.63, 3.8) is 0 Å². The summed E-state index contributed by atoms with van der Waals surface area (Å²) in [6.45, 7) is 0. The first-order valence-electron chi connectivity index (χ1n) is 6.75. The molecule has 0 bridgehead atoms. The zero-order valence-electron chi connectivity index (χ0n) is 11.1. The number of hydrogen-bond donors (Lipinski definition) is 1. The summed E-state index contributed by atoms with van der Waals surface area (Å²) in [5.41, 5.74) is 3.01. The number of rotatable bonds is 4. The molecule has 3 rings (SSSR count). The molecule has 0 aliphatic rings. The van der Waals surface area contributed by atoms with Crippen LogP contribution in [0.4, 0.5) is 0 Å². The summed E-state index contributed by atoms with van der Waals surface area (Å²) in [5.74, 6) is 0. The van der Waals surface area contributed by atoms with Gasteiger partial charge in [-0.15, -0.1) is 0 Å². The monoisotopic (exact) mass is 264 g/mol. The predicted octanol–water partition coefficient (Wildman–Crippen LogP) is 3.30. The Labute approximate surface area is 117 Å². The van der Waals surface area contributed by atoms with Gasteiger partial charge in [-0.2, -0.15) is 0 Å². The molecule has 1 N–H and O–H groups in total. The molecular formula is C17H16N2O. The number of nitrogens with zero attached hydrogens (tertiary/aromatic N) is 2. The lowest BCUT2D eigenvalue weighted by molar-refractivity contribution is 0.169. The van der Waals surface area contributed by atoms with Crippen LogP contribution >= 0.6 is 0 Å². The van der Waals surface area contributed by atoms with Crippen molar-refractivity contribution >= 4 is 10.9 Å². The van der Waals surface area contributed by atoms with E-state index in [-0.39, 0.29) is 0 Å². The molecular weight excluding hydrogens is 248 g/mol. The van der Waals surface area contributed by atoms with E-state index in [0.29, 0.717) is 6.42 Å². The van der Waals surface area contributed by atoms with E-state index in [1.165, 1.54) is 0 Å². The van der Waals surface area contributed by atoms with Crippen LogP contribution in [0.5, 0.6) is 0 Å². The first kappa shape index (κ1) is 12.8. The van der Waals surface area contributed by atoms with E-state index < -0.39 is 6.10 Å². The van der Waals surface area contributed by atoms with Crippen molar-refractivity contribution in [1.29, 1.82) is 0 Å². The summed E-state index contributed by atoms with van der Waals surface area (Å²) in [6.07, 6.45) is 6.38. The van der Waals surface area contributed by atoms with Gasteiger partial charge in [0.05, 0.1) is 11.6 Å². The van der Waals surface area contributed by atoms with Crippen molar-refractivity contribution in [2.45, 2.75) is 18.9 Å². The maximum Gasteiger partial charge on any atom is 0.0799 e. The van der Waals surface area contributed by atoms with E-state index in [4.69, 9.17) is 0 Å². The summed E-state index contributed by atoms with van der Waals surface area (Å²) in [4.78, 5) is 8.42. The van der Waals surface area contributed by atoms with Crippen LogP contribution in [-0.4, -0.2) is 15.1 Å². The van der Waals surface area contributed by atoms with Gasteiger partial charge in [0.2, 0.25) is 0 Å². The Morgan fingerprint density at radius 2 is 1.90 bits per heavy atom. The van der Waals surface area contributed by atoms with Crippen molar-refractivity contribution in [2.24, 2.45) is 0 Å². The number of aryl methyl sites for hydroxylation is 1. The fourth-order valence-electron chi connectivity index (χ4n) is 2.42. The molecule has 1 unspecified atom stereocenters. The molecule has 0 spiro atoms. The lowest BCUT2D eigenvalue weighted by Crippen LogP contribution is -2.01. The third kappa shape index (κ3) is 2.68. The standard InChI is InChI=1S/C17H16N2O/c20-17(9-8-13-4-2-10-18-12-13)15-5-1-7-16-14(15)6-3-11-19-16/h1-7,10-12,17,20H,8-9H2. The average molecular weight is 264 g/mol. The van der Waals surface area contributed by atoms with Crippen LogP contribution in [0.3, 0.4) is 0 Å². The average Bonchev–Trinajstić information content (AvgIpc) is 2.53. The van der Waals surface area contributed by atoms with E-state index >= 15 is 0 Å². The number of aromatic nitrogens is 2. The Morgan fingerprint density at radius 1 is 1.00 bits per heavy atom. The van der Waals surface area contributed by atoms with Crippen LogP contribution in [0.25, 0.3) is 10.9 Å². The number of benzene rings is 1. The first-order valence-corrected chi connectivity index (χ1v) is 6.75. The van der Waals surface area contributed by atoms with Gasteiger partial charge in [0.25, 0.3) is 0 Å². The fraction of sp³-hybridized carbons (Fsp3) is 0.176. The van der Waals surface area contributed by atoms with Gasteiger partial charge in [-0.25, -0.2) is 0 Å². The highest BCUT2D eigenvalue weighted by molar-refractivity contribution is 5.82. The Morgan fingerprint density at radius 3 is 2.75 bits per heavy atom. The third-order valence-electron chi connectivity index (χ3n) is 3.47. The van der Waals surface area contributed by atoms with Gasteiger partial charge in [-0.3, -0.25) is 9.97 Å². The van der Waals surface area contributed by atoms with Crippen LogP contribution < -0.4 is 0 Å². The van der Waals surface area contributed by atoms with E-state index in [9.17, 15) is 5.11 Å². The molecule has 0 aliphatic carbocycles. The second-order valence-electron chi connectivity index (χ2n) is 4.83. The quantitative estimate of drug-likeness (QED) is 0.786. The molecule has 2 aromatic heterocycles. The van der Waals surface area contributed by atoms with Gasteiger partial charge in [-0.05, 0) is 42.2 Å². The highest BCUT2D eigenvalue weighted by atomic mass is 16.3. The third-order valence-corrected chi connectivity index (χ3v) is 3.47. The molecule has 1 atom stereocenters. The zero-order chi connectivity index (χ0) is 13.8. The molecule has 2 heterocycles. The number of pyridine rings is 2. The van der Waals surface area contributed by atoms with Crippen LogP contribution in [0.15, 0.2) is 61.1 Å². The van der Waals surface area contributed by atoms with E-state index in [1.807, 2.05) is 48.7 Å². The highest BCUT2D eigenvalue weighted by Gasteiger charge is 2.11. The van der Waals surface area contributed by atoms with Gasteiger partial charge >= 0.3 is 0 Å². The molecule has 1 aromatic carbocycles. The topological polar surface area (TPSA) is 46.0 Å².